The van der Waals surface area contributed by atoms with E-state index in [2.05, 4.69) is 31.0 Å². The maximum absolute atomic E-state index is 11.7. The molecule has 2 aromatic heterocycles. The standard InChI is InChI=1S/C15H15N7O3/c23-12(5-6-16-13-14(24)19-15(25)22-21-13)20-18-8-9-7-17-11-4-2-1-3-10(9)11/h1-4,7-8,17H,5-6H2,(H,16,21)(H,20,23)(H2,19,22,24,25)/b18-8-. The van der Waals surface area contributed by atoms with Crippen LogP contribution in [0.3, 0.4) is 0 Å². The Balaban J connectivity index is 1.49. The number of aromatic amines is 3. The fourth-order valence-electron chi connectivity index (χ4n) is 2.19. The van der Waals surface area contributed by atoms with Crippen LogP contribution in [-0.4, -0.2) is 38.8 Å². The van der Waals surface area contributed by atoms with Crippen molar-refractivity contribution < 1.29 is 4.79 Å². The number of amides is 1. The van der Waals surface area contributed by atoms with Gasteiger partial charge in [-0.3, -0.25) is 14.6 Å². The van der Waals surface area contributed by atoms with E-state index in [0.29, 0.717) is 0 Å². The number of hydrogen-bond donors (Lipinski definition) is 5. The summed E-state index contributed by atoms with van der Waals surface area (Å²) in [6.07, 6.45) is 3.43. The van der Waals surface area contributed by atoms with E-state index in [1.807, 2.05) is 29.2 Å². The highest BCUT2D eigenvalue weighted by molar-refractivity contribution is 5.99. The lowest BCUT2D eigenvalue weighted by molar-refractivity contribution is -0.120. The van der Waals surface area contributed by atoms with Gasteiger partial charge in [-0.25, -0.2) is 15.3 Å². The van der Waals surface area contributed by atoms with Crippen LogP contribution < -0.4 is 22.0 Å². The van der Waals surface area contributed by atoms with Gasteiger partial charge >= 0.3 is 5.69 Å². The lowest BCUT2D eigenvalue weighted by Gasteiger charge is -2.02. The molecule has 0 unspecified atom stereocenters. The highest BCUT2D eigenvalue weighted by Crippen LogP contribution is 2.15. The first kappa shape index (κ1) is 16.2. The van der Waals surface area contributed by atoms with E-state index >= 15 is 0 Å². The Hall–Kier alpha value is -3.69. The van der Waals surface area contributed by atoms with E-state index in [0.717, 1.165) is 16.5 Å². The predicted molar refractivity (Wildman–Crippen MR) is 92.6 cm³/mol. The van der Waals surface area contributed by atoms with Crippen LogP contribution in [0.4, 0.5) is 5.82 Å². The topological polar surface area (TPSA) is 148 Å². The Morgan fingerprint density at radius 2 is 2.12 bits per heavy atom. The molecule has 0 aliphatic rings. The highest BCUT2D eigenvalue weighted by atomic mass is 16.2. The zero-order chi connectivity index (χ0) is 17.6. The molecule has 3 aromatic rings. The molecule has 10 heteroatoms. The van der Waals surface area contributed by atoms with Crippen LogP contribution >= 0.6 is 0 Å². The molecule has 0 saturated heterocycles. The minimum atomic E-state index is -0.695. The van der Waals surface area contributed by atoms with Crippen molar-refractivity contribution in [1.29, 1.82) is 0 Å². The van der Waals surface area contributed by atoms with Crippen molar-refractivity contribution in [2.24, 2.45) is 5.10 Å². The molecule has 128 valence electrons. The first-order valence-electron chi connectivity index (χ1n) is 7.44. The maximum Gasteiger partial charge on any atom is 0.342 e. The molecule has 25 heavy (non-hydrogen) atoms. The number of carbonyl (C=O) groups is 1. The van der Waals surface area contributed by atoms with Gasteiger partial charge in [0.15, 0.2) is 0 Å². The maximum atomic E-state index is 11.7. The second-order valence-corrected chi connectivity index (χ2v) is 5.12. The summed E-state index contributed by atoms with van der Waals surface area (Å²) >= 11 is 0. The number of para-hydroxylation sites is 1. The minimum Gasteiger partial charge on any atom is -0.364 e. The summed E-state index contributed by atoms with van der Waals surface area (Å²) in [6, 6.07) is 7.75. The summed E-state index contributed by atoms with van der Waals surface area (Å²) < 4.78 is 0. The molecule has 0 atom stereocenters. The smallest absolute Gasteiger partial charge is 0.342 e. The number of nitrogens with one attached hydrogen (secondary N) is 5. The van der Waals surface area contributed by atoms with Crippen LogP contribution in [0.1, 0.15) is 12.0 Å². The minimum absolute atomic E-state index is 0.0605. The Labute approximate surface area is 140 Å². The molecule has 0 bridgehead atoms. The number of hydrazone groups is 1. The summed E-state index contributed by atoms with van der Waals surface area (Å²) in [7, 11) is 0. The molecule has 0 saturated carbocycles. The number of aromatic nitrogens is 4. The number of H-pyrrole nitrogens is 3. The lowest BCUT2D eigenvalue weighted by atomic mass is 10.2. The zero-order valence-electron chi connectivity index (χ0n) is 13.0. The number of rotatable bonds is 6. The molecule has 5 N–H and O–H groups in total. The average molecular weight is 341 g/mol. The van der Waals surface area contributed by atoms with Gasteiger partial charge in [-0.1, -0.05) is 18.2 Å². The number of benzene rings is 1. The first-order chi connectivity index (χ1) is 12.1. The van der Waals surface area contributed by atoms with Gasteiger partial charge in [-0.2, -0.15) is 5.10 Å². The summed E-state index contributed by atoms with van der Waals surface area (Å²) in [5, 5.41) is 13.2. The van der Waals surface area contributed by atoms with Gasteiger partial charge in [0, 0.05) is 35.6 Å². The van der Waals surface area contributed by atoms with Crippen molar-refractivity contribution in [3.63, 3.8) is 0 Å². The van der Waals surface area contributed by atoms with E-state index in [1.165, 1.54) is 0 Å². The van der Waals surface area contributed by atoms with Crippen molar-refractivity contribution in [1.82, 2.24) is 25.6 Å². The van der Waals surface area contributed by atoms with E-state index in [9.17, 15) is 14.4 Å². The van der Waals surface area contributed by atoms with E-state index in [-0.39, 0.29) is 24.7 Å². The highest BCUT2D eigenvalue weighted by Gasteiger charge is 2.04. The number of carbonyl (C=O) groups excluding carboxylic acids is 1. The van der Waals surface area contributed by atoms with Crippen LogP contribution in [0.15, 0.2) is 45.2 Å². The van der Waals surface area contributed by atoms with Crippen LogP contribution in [0.25, 0.3) is 10.9 Å². The van der Waals surface area contributed by atoms with Gasteiger partial charge in [0.05, 0.1) is 6.21 Å². The number of nitrogens with zero attached hydrogens (tertiary/aromatic N) is 2. The van der Waals surface area contributed by atoms with Gasteiger partial charge in [0.1, 0.15) is 0 Å². The van der Waals surface area contributed by atoms with Crippen LogP contribution in [0.5, 0.6) is 0 Å². The van der Waals surface area contributed by atoms with Crippen molar-refractivity contribution in [2.75, 3.05) is 11.9 Å². The van der Waals surface area contributed by atoms with E-state index < -0.39 is 11.2 Å². The first-order valence-corrected chi connectivity index (χ1v) is 7.44. The number of anilines is 1. The van der Waals surface area contributed by atoms with Crippen molar-refractivity contribution >= 4 is 28.8 Å². The molecule has 0 radical (unpaired) electrons. The number of fused-ring (bicyclic) bond motifs is 1. The summed E-state index contributed by atoms with van der Waals surface area (Å²) in [5.41, 5.74) is 2.91. The molecule has 0 aliphatic carbocycles. The Bertz CT molecular complexity index is 1030. The monoisotopic (exact) mass is 341 g/mol. The third kappa shape index (κ3) is 3.99. The summed E-state index contributed by atoms with van der Waals surface area (Å²) in [4.78, 5) is 39.1. The molecule has 0 fully saturated rings. The normalized spacial score (nSPS) is 11.0. The fraction of sp³-hybridized carbons (Fsp3) is 0.133. The van der Waals surface area contributed by atoms with Gasteiger partial charge in [0.2, 0.25) is 11.7 Å². The third-order valence-electron chi connectivity index (χ3n) is 3.37. The zero-order valence-corrected chi connectivity index (χ0v) is 13.0. The molecule has 1 aromatic carbocycles. The largest absolute Gasteiger partial charge is 0.364 e. The van der Waals surface area contributed by atoms with Gasteiger partial charge in [-0.05, 0) is 6.07 Å². The molecule has 2 heterocycles. The Morgan fingerprint density at radius 3 is 2.96 bits per heavy atom. The third-order valence-corrected chi connectivity index (χ3v) is 3.37. The number of hydrogen-bond acceptors (Lipinski definition) is 6. The van der Waals surface area contributed by atoms with Crippen molar-refractivity contribution in [3.8, 4) is 0 Å². The molecule has 0 spiro atoms. The fourth-order valence-corrected chi connectivity index (χ4v) is 2.19. The van der Waals surface area contributed by atoms with E-state index in [1.54, 1.807) is 12.4 Å². The van der Waals surface area contributed by atoms with Gasteiger partial charge in [-0.15, -0.1) is 5.10 Å². The summed E-state index contributed by atoms with van der Waals surface area (Å²) in [6.45, 7) is 0.163. The molecular formula is C15H15N7O3. The quantitative estimate of drug-likeness (QED) is 0.313. The predicted octanol–water partition coefficient (Wildman–Crippen LogP) is -0.108. The van der Waals surface area contributed by atoms with Crippen molar-refractivity contribution in [2.45, 2.75) is 6.42 Å². The second kappa shape index (κ2) is 7.25. The molecule has 0 aliphatic heterocycles. The molecule has 3 rings (SSSR count). The summed E-state index contributed by atoms with van der Waals surface area (Å²) in [5.74, 6) is -0.390. The SMILES string of the molecule is O=C(CCNc1n[nH]c(=O)[nH]c1=O)N/N=C\c1c[nH]c2ccccc12. The van der Waals surface area contributed by atoms with Crippen LogP contribution in [0, 0.1) is 0 Å². The van der Waals surface area contributed by atoms with Gasteiger partial charge in [0.25, 0.3) is 5.56 Å². The van der Waals surface area contributed by atoms with E-state index in [4.69, 9.17) is 0 Å². The molecule has 1 amide bonds. The molecular weight excluding hydrogens is 326 g/mol. The van der Waals surface area contributed by atoms with Crippen LogP contribution in [0.2, 0.25) is 0 Å². The Kier molecular flexibility index (Phi) is 4.69. The van der Waals surface area contributed by atoms with Gasteiger partial charge < -0.3 is 10.3 Å². The van der Waals surface area contributed by atoms with Crippen LogP contribution in [-0.2, 0) is 4.79 Å². The lowest BCUT2D eigenvalue weighted by Crippen LogP contribution is -2.28. The second-order valence-electron chi connectivity index (χ2n) is 5.12. The molecule has 10 nitrogen and oxygen atoms in total. The average Bonchev–Trinajstić information content (AvgIpc) is 3.00. The Morgan fingerprint density at radius 1 is 1.28 bits per heavy atom. The van der Waals surface area contributed by atoms with Crippen molar-refractivity contribution in [3.05, 3.63) is 56.9 Å².